The zero-order valence-electron chi connectivity index (χ0n) is 12.6. The van der Waals surface area contributed by atoms with Gasteiger partial charge >= 0.3 is 0 Å². The average molecular weight is 330 g/mol. The Labute approximate surface area is 136 Å². The summed E-state index contributed by atoms with van der Waals surface area (Å²) in [7, 11) is 0. The number of halogens is 1. The number of benzene rings is 1. The molecule has 4 rings (SSSR count). The highest BCUT2D eigenvalue weighted by Gasteiger charge is 2.35. The topological polar surface area (TPSA) is 93.3 Å². The number of nitrogens with zero attached hydrogens (tertiary/aromatic N) is 4. The number of ether oxygens (including phenoxy) is 1. The first-order valence-electron chi connectivity index (χ1n) is 7.55. The van der Waals surface area contributed by atoms with Gasteiger partial charge in [0.25, 0.3) is 0 Å². The third-order valence-electron chi connectivity index (χ3n) is 4.17. The zero-order valence-corrected chi connectivity index (χ0v) is 12.6. The minimum Gasteiger partial charge on any atom is -0.394 e. The van der Waals surface area contributed by atoms with E-state index in [-0.39, 0.29) is 12.4 Å². The number of aliphatic hydroxyl groups is 2. The quantitative estimate of drug-likeness (QED) is 0.751. The summed E-state index contributed by atoms with van der Waals surface area (Å²) >= 11 is 0. The van der Waals surface area contributed by atoms with Crippen LogP contribution in [0.25, 0.3) is 22.4 Å². The van der Waals surface area contributed by atoms with Crippen LogP contribution in [-0.2, 0) is 4.74 Å². The van der Waals surface area contributed by atoms with Crippen LogP contribution in [0.4, 0.5) is 4.39 Å². The van der Waals surface area contributed by atoms with Gasteiger partial charge in [0.1, 0.15) is 35.7 Å². The molecule has 3 heterocycles. The number of aliphatic hydroxyl groups excluding tert-OH is 2. The predicted molar refractivity (Wildman–Crippen MR) is 82.3 cm³/mol. The fraction of sp³-hybridized carbons (Fsp3) is 0.312. The molecule has 0 unspecified atom stereocenters. The molecule has 7 nitrogen and oxygen atoms in total. The third-order valence-corrected chi connectivity index (χ3v) is 4.17. The standard InChI is InChI=1S/C16H15FN4O3/c17-10-3-1-9(2-4-10)14-15-16(19-7-18-14)21(8-20-15)13-5-11(23)12(6-22)24-13/h1-4,7-8,11-13,22-23H,5-6H2/t11-,12+,13+/m0/s1. The number of fused-ring (bicyclic) bond motifs is 1. The van der Waals surface area contributed by atoms with Crippen molar-refractivity contribution < 1.29 is 19.3 Å². The maximum atomic E-state index is 13.1. The largest absolute Gasteiger partial charge is 0.394 e. The van der Waals surface area contributed by atoms with Crippen LogP contribution in [0, 0.1) is 5.82 Å². The molecule has 2 aromatic heterocycles. The van der Waals surface area contributed by atoms with E-state index < -0.39 is 18.4 Å². The fourth-order valence-corrected chi connectivity index (χ4v) is 2.93. The van der Waals surface area contributed by atoms with Gasteiger partial charge in [-0.05, 0) is 24.3 Å². The number of aromatic nitrogens is 4. The first kappa shape index (κ1) is 15.1. The molecule has 1 aliphatic rings. The van der Waals surface area contributed by atoms with E-state index in [1.54, 1.807) is 23.0 Å². The molecule has 0 bridgehead atoms. The molecule has 1 aliphatic heterocycles. The Morgan fingerprint density at radius 1 is 1.21 bits per heavy atom. The molecular weight excluding hydrogens is 315 g/mol. The van der Waals surface area contributed by atoms with E-state index in [1.165, 1.54) is 18.5 Å². The molecule has 3 atom stereocenters. The highest BCUT2D eigenvalue weighted by molar-refractivity contribution is 5.87. The number of imidazole rings is 1. The lowest BCUT2D eigenvalue weighted by molar-refractivity contribution is -0.0432. The number of rotatable bonds is 3. The molecule has 124 valence electrons. The van der Waals surface area contributed by atoms with Gasteiger partial charge in [0, 0.05) is 12.0 Å². The number of hydrogen-bond acceptors (Lipinski definition) is 6. The van der Waals surface area contributed by atoms with Crippen molar-refractivity contribution in [3.8, 4) is 11.3 Å². The van der Waals surface area contributed by atoms with E-state index in [2.05, 4.69) is 15.0 Å². The normalized spacial score (nSPS) is 23.9. The summed E-state index contributed by atoms with van der Waals surface area (Å²) in [6.07, 6.45) is 1.50. The van der Waals surface area contributed by atoms with Crippen LogP contribution in [0.15, 0.2) is 36.9 Å². The summed E-state index contributed by atoms with van der Waals surface area (Å²) < 4.78 is 20.5. The second-order valence-electron chi connectivity index (χ2n) is 5.67. The molecule has 8 heteroatoms. The van der Waals surface area contributed by atoms with Gasteiger partial charge in [-0.25, -0.2) is 19.3 Å². The Hall–Kier alpha value is -2.42. The van der Waals surface area contributed by atoms with Crippen molar-refractivity contribution in [2.75, 3.05) is 6.61 Å². The van der Waals surface area contributed by atoms with Gasteiger partial charge in [-0.1, -0.05) is 0 Å². The van der Waals surface area contributed by atoms with Gasteiger partial charge in [-0.2, -0.15) is 0 Å². The highest BCUT2D eigenvalue weighted by atomic mass is 19.1. The van der Waals surface area contributed by atoms with Crippen molar-refractivity contribution in [1.82, 2.24) is 19.5 Å². The van der Waals surface area contributed by atoms with Gasteiger partial charge in [-0.3, -0.25) is 4.57 Å². The zero-order chi connectivity index (χ0) is 16.7. The number of hydrogen-bond donors (Lipinski definition) is 2. The fourth-order valence-electron chi connectivity index (χ4n) is 2.93. The maximum Gasteiger partial charge on any atom is 0.165 e. The maximum absolute atomic E-state index is 13.1. The lowest BCUT2D eigenvalue weighted by atomic mass is 10.1. The van der Waals surface area contributed by atoms with Crippen molar-refractivity contribution in [1.29, 1.82) is 0 Å². The van der Waals surface area contributed by atoms with Crippen molar-refractivity contribution in [2.45, 2.75) is 24.9 Å². The van der Waals surface area contributed by atoms with Crippen LogP contribution in [0.5, 0.6) is 0 Å². The monoisotopic (exact) mass is 330 g/mol. The molecule has 0 saturated carbocycles. The molecule has 1 fully saturated rings. The van der Waals surface area contributed by atoms with Crippen molar-refractivity contribution in [2.24, 2.45) is 0 Å². The Morgan fingerprint density at radius 2 is 2.00 bits per heavy atom. The Morgan fingerprint density at radius 3 is 2.71 bits per heavy atom. The van der Waals surface area contributed by atoms with Crippen LogP contribution >= 0.6 is 0 Å². The van der Waals surface area contributed by atoms with Crippen LogP contribution in [-0.4, -0.2) is 48.5 Å². The van der Waals surface area contributed by atoms with E-state index in [4.69, 9.17) is 4.74 Å². The van der Waals surface area contributed by atoms with Crippen molar-refractivity contribution >= 4 is 11.2 Å². The van der Waals surface area contributed by atoms with E-state index in [0.29, 0.717) is 23.3 Å². The first-order chi connectivity index (χ1) is 11.7. The second-order valence-corrected chi connectivity index (χ2v) is 5.67. The molecule has 0 amide bonds. The SMILES string of the molecule is OC[C@H]1O[C@@H](n2cnc3c(-c4ccc(F)cc4)ncnc32)C[C@@H]1O. The third kappa shape index (κ3) is 2.44. The summed E-state index contributed by atoms with van der Waals surface area (Å²) in [6.45, 7) is -0.250. The van der Waals surface area contributed by atoms with E-state index in [0.717, 1.165) is 5.56 Å². The van der Waals surface area contributed by atoms with Crippen LogP contribution in [0.1, 0.15) is 12.6 Å². The first-order valence-corrected chi connectivity index (χ1v) is 7.55. The predicted octanol–water partition coefficient (Wildman–Crippen LogP) is 1.27. The van der Waals surface area contributed by atoms with Crippen molar-refractivity contribution in [3.05, 3.63) is 42.7 Å². The van der Waals surface area contributed by atoms with E-state index in [9.17, 15) is 14.6 Å². The van der Waals surface area contributed by atoms with Gasteiger partial charge in [0.15, 0.2) is 5.65 Å². The summed E-state index contributed by atoms with van der Waals surface area (Å²) in [5.41, 5.74) is 2.44. The molecule has 1 aromatic carbocycles. The molecule has 3 aromatic rings. The van der Waals surface area contributed by atoms with Crippen LogP contribution in [0.2, 0.25) is 0 Å². The Balaban J connectivity index is 1.76. The summed E-state index contributed by atoms with van der Waals surface area (Å²) in [5, 5.41) is 19.1. The highest BCUT2D eigenvalue weighted by Crippen LogP contribution is 2.32. The lowest BCUT2D eigenvalue weighted by Crippen LogP contribution is -2.24. The lowest BCUT2D eigenvalue weighted by Gasteiger charge is -2.13. The molecule has 0 radical (unpaired) electrons. The van der Waals surface area contributed by atoms with Crippen LogP contribution in [0.3, 0.4) is 0 Å². The second kappa shape index (κ2) is 5.90. The van der Waals surface area contributed by atoms with Gasteiger partial charge in [0.2, 0.25) is 0 Å². The summed E-state index contributed by atoms with van der Waals surface area (Å²) in [5.74, 6) is -0.321. The molecule has 0 spiro atoms. The molecule has 2 N–H and O–H groups in total. The molecule has 1 saturated heterocycles. The van der Waals surface area contributed by atoms with Gasteiger partial charge in [-0.15, -0.1) is 0 Å². The minimum absolute atomic E-state index is 0.250. The van der Waals surface area contributed by atoms with Gasteiger partial charge < -0.3 is 14.9 Å². The minimum atomic E-state index is -0.740. The summed E-state index contributed by atoms with van der Waals surface area (Å²) in [4.78, 5) is 12.9. The smallest absolute Gasteiger partial charge is 0.165 e. The Bertz CT molecular complexity index is 867. The average Bonchev–Trinajstić information content (AvgIpc) is 3.18. The van der Waals surface area contributed by atoms with E-state index >= 15 is 0 Å². The van der Waals surface area contributed by atoms with Crippen LogP contribution < -0.4 is 0 Å². The van der Waals surface area contributed by atoms with E-state index in [1.807, 2.05) is 0 Å². The molecular formula is C16H15FN4O3. The summed E-state index contributed by atoms with van der Waals surface area (Å²) in [6, 6.07) is 5.99. The molecule has 24 heavy (non-hydrogen) atoms. The van der Waals surface area contributed by atoms with Crippen molar-refractivity contribution in [3.63, 3.8) is 0 Å². The Kier molecular flexibility index (Phi) is 3.72. The molecule has 0 aliphatic carbocycles. The van der Waals surface area contributed by atoms with Gasteiger partial charge in [0.05, 0.1) is 19.0 Å².